The highest BCUT2D eigenvalue weighted by Crippen LogP contribution is 2.20. The zero-order valence-corrected chi connectivity index (χ0v) is 13.6. The van der Waals surface area contributed by atoms with Gasteiger partial charge in [-0.1, -0.05) is 6.92 Å². The van der Waals surface area contributed by atoms with E-state index in [2.05, 4.69) is 17.1 Å². The Kier molecular flexibility index (Phi) is 5.99. The minimum Gasteiger partial charge on any atom is -0.385 e. The number of anilines is 1. The van der Waals surface area contributed by atoms with Crippen molar-refractivity contribution in [2.75, 3.05) is 18.4 Å². The predicted molar refractivity (Wildman–Crippen MR) is 89.2 cm³/mol. The van der Waals surface area contributed by atoms with Crippen LogP contribution in [-0.4, -0.2) is 35.7 Å². The first-order chi connectivity index (χ1) is 10.6. The van der Waals surface area contributed by atoms with E-state index >= 15 is 0 Å². The van der Waals surface area contributed by atoms with Crippen LogP contribution in [0.1, 0.15) is 56.3 Å². The highest BCUT2D eigenvalue weighted by atomic mass is 16.2. The van der Waals surface area contributed by atoms with Gasteiger partial charge in [0.25, 0.3) is 0 Å². The van der Waals surface area contributed by atoms with Crippen molar-refractivity contribution in [2.45, 2.75) is 52.0 Å². The lowest BCUT2D eigenvalue weighted by Crippen LogP contribution is -2.43. The maximum absolute atomic E-state index is 12.3. The maximum Gasteiger partial charge on any atom is 0.224 e. The molecule has 22 heavy (non-hydrogen) atoms. The first-order valence-electron chi connectivity index (χ1n) is 8.26. The number of likely N-dealkylation sites (tertiary alicyclic amines) is 1. The van der Waals surface area contributed by atoms with Crippen molar-refractivity contribution < 1.29 is 9.59 Å². The van der Waals surface area contributed by atoms with Crippen molar-refractivity contribution in [1.29, 1.82) is 0 Å². The zero-order chi connectivity index (χ0) is 15.9. The number of carbonyl (C=O) groups excluding carboxylic acids is 2. The second-order valence-corrected chi connectivity index (χ2v) is 5.96. The Morgan fingerprint density at radius 1 is 1.23 bits per heavy atom. The Bertz CT molecular complexity index is 510. The maximum atomic E-state index is 12.3. The van der Waals surface area contributed by atoms with Crippen LogP contribution in [0.4, 0.5) is 5.69 Å². The van der Waals surface area contributed by atoms with Crippen LogP contribution in [0.25, 0.3) is 0 Å². The van der Waals surface area contributed by atoms with E-state index in [9.17, 15) is 9.59 Å². The Morgan fingerprint density at radius 3 is 2.59 bits per heavy atom. The van der Waals surface area contributed by atoms with Crippen molar-refractivity contribution in [3.8, 4) is 0 Å². The number of hydrogen-bond acceptors (Lipinski definition) is 3. The Morgan fingerprint density at radius 2 is 1.95 bits per heavy atom. The van der Waals surface area contributed by atoms with Gasteiger partial charge in [-0.25, -0.2) is 0 Å². The normalized spacial score (nSPS) is 18.1. The number of Topliss-reactive ketones (excluding diaryl/α,β-unsaturated/α-hetero) is 1. The Hall–Kier alpha value is -1.84. The summed E-state index contributed by atoms with van der Waals surface area (Å²) in [7, 11) is 0. The molecule has 4 nitrogen and oxygen atoms in total. The molecule has 0 aliphatic carbocycles. The second-order valence-electron chi connectivity index (χ2n) is 5.96. The van der Waals surface area contributed by atoms with Crippen LogP contribution in [0.15, 0.2) is 24.3 Å². The number of nitrogens with zero attached hydrogens (tertiary/aromatic N) is 1. The second kappa shape index (κ2) is 7.97. The number of ketones is 1. The van der Waals surface area contributed by atoms with Gasteiger partial charge < -0.3 is 10.2 Å². The zero-order valence-electron chi connectivity index (χ0n) is 13.6. The minimum atomic E-state index is 0.0671. The molecular formula is C18H26N2O2. The summed E-state index contributed by atoms with van der Waals surface area (Å²) in [5, 5.41) is 3.25. The molecule has 4 heteroatoms. The Labute approximate surface area is 132 Å². The number of benzene rings is 1. The molecule has 1 saturated heterocycles. The van der Waals surface area contributed by atoms with E-state index in [1.165, 1.54) is 6.42 Å². The fourth-order valence-electron chi connectivity index (χ4n) is 3.03. The predicted octanol–water partition coefficient (Wildman–Crippen LogP) is 3.48. The average molecular weight is 302 g/mol. The Balaban J connectivity index is 1.80. The van der Waals surface area contributed by atoms with Gasteiger partial charge >= 0.3 is 0 Å². The molecule has 0 saturated carbocycles. The summed E-state index contributed by atoms with van der Waals surface area (Å²) in [6.45, 7) is 5.25. The molecule has 0 aromatic heterocycles. The molecule has 1 heterocycles. The van der Waals surface area contributed by atoms with Gasteiger partial charge in [-0.05, 0) is 56.9 Å². The van der Waals surface area contributed by atoms with Gasteiger partial charge in [-0.3, -0.25) is 9.59 Å². The smallest absolute Gasteiger partial charge is 0.224 e. The van der Waals surface area contributed by atoms with Gasteiger partial charge in [0.05, 0.1) is 0 Å². The van der Waals surface area contributed by atoms with Crippen LogP contribution in [0.2, 0.25) is 0 Å². The molecule has 1 aliphatic rings. The summed E-state index contributed by atoms with van der Waals surface area (Å²) >= 11 is 0. The van der Waals surface area contributed by atoms with Crippen molar-refractivity contribution in [3.63, 3.8) is 0 Å². The van der Waals surface area contributed by atoms with E-state index in [0.29, 0.717) is 24.6 Å². The van der Waals surface area contributed by atoms with Crippen LogP contribution in [-0.2, 0) is 4.79 Å². The third kappa shape index (κ3) is 4.33. The topological polar surface area (TPSA) is 49.4 Å². The largest absolute Gasteiger partial charge is 0.385 e. The molecule has 0 spiro atoms. The third-order valence-corrected chi connectivity index (χ3v) is 4.38. The van der Waals surface area contributed by atoms with Gasteiger partial charge in [0, 0.05) is 36.8 Å². The summed E-state index contributed by atoms with van der Waals surface area (Å²) < 4.78 is 0. The summed E-state index contributed by atoms with van der Waals surface area (Å²) in [5.41, 5.74) is 1.66. The monoisotopic (exact) mass is 302 g/mol. The van der Waals surface area contributed by atoms with E-state index in [1.807, 2.05) is 24.3 Å². The molecule has 120 valence electrons. The molecule has 1 aromatic carbocycles. The van der Waals surface area contributed by atoms with E-state index in [-0.39, 0.29) is 11.7 Å². The van der Waals surface area contributed by atoms with Crippen LogP contribution >= 0.6 is 0 Å². The van der Waals surface area contributed by atoms with Crippen molar-refractivity contribution in [1.82, 2.24) is 4.90 Å². The van der Waals surface area contributed by atoms with E-state index in [0.717, 1.165) is 31.5 Å². The molecule has 1 aromatic rings. The molecule has 1 unspecified atom stereocenters. The molecule has 0 radical (unpaired) electrons. The van der Waals surface area contributed by atoms with Crippen molar-refractivity contribution in [3.05, 3.63) is 29.8 Å². The van der Waals surface area contributed by atoms with Crippen LogP contribution < -0.4 is 5.32 Å². The molecular weight excluding hydrogens is 276 g/mol. The first-order valence-corrected chi connectivity index (χ1v) is 8.26. The number of rotatable bonds is 6. The van der Waals surface area contributed by atoms with E-state index in [4.69, 9.17) is 0 Å². The van der Waals surface area contributed by atoms with Crippen LogP contribution in [0, 0.1) is 0 Å². The summed E-state index contributed by atoms with van der Waals surface area (Å²) in [6.07, 6.45) is 5.07. The van der Waals surface area contributed by atoms with Crippen LogP contribution in [0.5, 0.6) is 0 Å². The fourth-order valence-corrected chi connectivity index (χ4v) is 3.03. The number of nitrogens with one attached hydrogen (secondary N) is 1. The highest BCUT2D eigenvalue weighted by molar-refractivity contribution is 5.94. The quantitative estimate of drug-likeness (QED) is 0.818. The summed E-state index contributed by atoms with van der Waals surface area (Å²) in [6, 6.07) is 7.82. The molecule has 1 fully saturated rings. The molecule has 1 amide bonds. The summed E-state index contributed by atoms with van der Waals surface area (Å²) in [5.74, 6) is 0.317. The van der Waals surface area contributed by atoms with Crippen molar-refractivity contribution in [2.24, 2.45) is 0 Å². The lowest BCUT2D eigenvalue weighted by atomic mass is 9.99. The number of carbonyl (C=O) groups is 2. The van der Waals surface area contributed by atoms with Gasteiger partial charge in [-0.15, -0.1) is 0 Å². The van der Waals surface area contributed by atoms with E-state index < -0.39 is 0 Å². The SMILES string of the molecule is CCC1CCCCN1C(=O)CCNc1ccc(C(C)=O)cc1. The number of amides is 1. The number of piperidine rings is 1. The van der Waals surface area contributed by atoms with E-state index in [1.54, 1.807) is 6.92 Å². The molecule has 1 atom stereocenters. The highest BCUT2D eigenvalue weighted by Gasteiger charge is 2.24. The van der Waals surface area contributed by atoms with Gasteiger partial charge in [0.15, 0.2) is 5.78 Å². The van der Waals surface area contributed by atoms with Crippen LogP contribution in [0.3, 0.4) is 0 Å². The average Bonchev–Trinajstić information content (AvgIpc) is 2.55. The lowest BCUT2D eigenvalue weighted by Gasteiger charge is -2.35. The van der Waals surface area contributed by atoms with Gasteiger partial charge in [-0.2, -0.15) is 0 Å². The standard InChI is InChI=1S/C18H26N2O2/c1-3-17-6-4-5-13-20(17)18(22)11-12-19-16-9-7-15(8-10-16)14(2)21/h7-10,17,19H,3-6,11-13H2,1-2H3. The fraction of sp³-hybridized carbons (Fsp3) is 0.556. The molecule has 1 aliphatic heterocycles. The van der Waals surface area contributed by atoms with Crippen molar-refractivity contribution >= 4 is 17.4 Å². The molecule has 0 bridgehead atoms. The van der Waals surface area contributed by atoms with Gasteiger partial charge in [0.1, 0.15) is 0 Å². The minimum absolute atomic E-state index is 0.0671. The third-order valence-electron chi connectivity index (χ3n) is 4.38. The summed E-state index contributed by atoms with van der Waals surface area (Å²) in [4.78, 5) is 25.6. The molecule has 1 N–H and O–H groups in total. The van der Waals surface area contributed by atoms with Gasteiger partial charge in [0.2, 0.25) is 5.91 Å². The lowest BCUT2D eigenvalue weighted by molar-refractivity contribution is -0.134. The molecule has 2 rings (SSSR count). The first kappa shape index (κ1) is 16.5. The number of hydrogen-bond donors (Lipinski definition) is 1.